The van der Waals surface area contributed by atoms with Crippen molar-refractivity contribution in [3.05, 3.63) is 0 Å². The number of carbonyl (C=O) groups excluding carboxylic acids is 1. The van der Waals surface area contributed by atoms with E-state index in [0.29, 0.717) is 6.61 Å². The first-order chi connectivity index (χ1) is 7.39. The zero-order valence-electron chi connectivity index (χ0n) is 9.53. The van der Waals surface area contributed by atoms with E-state index < -0.39 is 23.5 Å². The van der Waals surface area contributed by atoms with Gasteiger partial charge in [-0.1, -0.05) is 13.8 Å². The van der Waals surface area contributed by atoms with Crippen molar-refractivity contribution in [3.8, 4) is 0 Å². The van der Waals surface area contributed by atoms with E-state index in [0.717, 1.165) is 0 Å². The van der Waals surface area contributed by atoms with Crippen molar-refractivity contribution in [1.29, 1.82) is 0 Å². The van der Waals surface area contributed by atoms with Gasteiger partial charge in [-0.15, -0.1) is 0 Å². The lowest BCUT2D eigenvalue weighted by atomic mass is 9.96. The van der Waals surface area contributed by atoms with E-state index in [2.05, 4.69) is 5.32 Å². The number of ether oxygens (including phenoxy) is 1. The molecule has 0 aromatic heterocycles. The topological polar surface area (TPSA) is 102 Å². The molecule has 1 aliphatic heterocycles. The van der Waals surface area contributed by atoms with Crippen LogP contribution in [0.1, 0.15) is 20.3 Å². The van der Waals surface area contributed by atoms with Gasteiger partial charge < -0.3 is 20.9 Å². The van der Waals surface area contributed by atoms with Gasteiger partial charge in [0.05, 0.1) is 12.6 Å². The third-order valence-electron chi connectivity index (χ3n) is 2.81. The molecular formula is C10H18N2O4. The van der Waals surface area contributed by atoms with Crippen LogP contribution in [0.15, 0.2) is 0 Å². The molecule has 6 nitrogen and oxygen atoms in total. The number of hydrogen-bond donors (Lipinski definition) is 3. The fraction of sp³-hybridized carbons (Fsp3) is 0.800. The lowest BCUT2D eigenvalue weighted by Gasteiger charge is -2.26. The Morgan fingerprint density at radius 2 is 2.12 bits per heavy atom. The van der Waals surface area contributed by atoms with Crippen molar-refractivity contribution in [3.63, 3.8) is 0 Å². The summed E-state index contributed by atoms with van der Waals surface area (Å²) in [7, 11) is 0. The van der Waals surface area contributed by atoms with Crippen LogP contribution in [-0.4, -0.2) is 41.8 Å². The van der Waals surface area contributed by atoms with Crippen LogP contribution < -0.4 is 11.1 Å². The number of rotatable bonds is 4. The summed E-state index contributed by atoms with van der Waals surface area (Å²) < 4.78 is 5.03. The third-order valence-corrected chi connectivity index (χ3v) is 2.81. The predicted octanol–water partition coefficient (Wildman–Crippen LogP) is -0.670. The number of hydrogen-bond acceptors (Lipinski definition) is 4. The van der Waals surface area contributed by atoms with E-state index >= 15 is 0 Å². The highest BCUT2D eigenvalue weighted by molar-refractivity contribution is 5.90. The van der Waals surface area contributed by atoms with Crippen molar-refractivity contribution < 1.29 is 19.4 Å². The summed E-state index contributed by atoms with van der Waals surface area (Å²) in [5.41, 5.74) is 4.35. The van der Waals surface area contributed by atoms with Gasteiger partial charge in [0, 0.05) is 13.0 Å². The molecule has 0 bridgehead atoms. The summed E-state index contributed by atoms with van der Waals surface area (Å²) in [6, 6.07) is -0.697. The molecule has 1 saturated heterocycles. The van der Waals surface area contributed by atoms with Crippen LogP contribution in [0, 0.1) is 5.92 Å². The minimum Gasteiger partial charge on any atom is -0.479 e. The molecule has 16 heavy (non-hydrogen) atoms. The first-order valence-corrected chi connectivity index (χ1v) is 5.28. The zero-order chi connectivity index (χ0) is 12.3. The first kappa shape index (κ1) is 12.9. The lowest BCUT2D eigenvalue weighted by molar-refractivity contribution is -0.148. The number of amides is 1. The second-order valence-corrected chi connectivity index (χ2v) is 4.45. The van der Waals surface area contributed by atoms with E-state index in [1.165, 1.54) is 0 Å². The average molecular weight is 230 g/mol. The molecule has 0 radical (unpaired) electrons. The van der Waals surface area contributed by atoms with Gasteiger partial charge in [0.2, 0.25) is 5.91 Å². The van der Waals surface area contributed by atoms with Gasteiger partial charge in [-0.25, -0.2) is 4.79 Å². The molecule has 92 valence electrons. The molecule has 1 aliphatic rings. The number of carboxylic acid groups (broad SMARTS) is 1. The van der Waals surface area contributed by atoms with E-state index in [1.807, 2.05) is 13.8 Å². The first-order valence-electron chi connectivity index (χ1n) is 5.28. The summed E-state index contributed by atoms with van der Waals surface area (Å²) in [6.07, 6.45) is 0.277. The van der Waals surface area contributed by atoms with Gasteiger partial charge in [0.15, 0.2) is 5.54 Å². The standard InChI is InChI=1S/C10H18N2O4/c1-6(2)7(11)8(13)12-10(9(14)15)3-4-16-5-10/h6-7H,3-5,11H2,1-2H3,(H,12,13)(H,14,15). The Morgan fingerprint density at radius 1 is 1.50 bits per heavy atom. The highest BCUT2D eigenvalue weighted by atomic mass is 16.5. The normalized spacial score (nSPS) is 26.8. The Balaban J connectivity index is 2.70. The molecule has 0 aliphatic carbocycles. The maximum atomic E-state index is 11.7. The van der Waals surface area contributed by atoms with Crippen molar-refractivity contribution in [2.45, 2.75) is 31.8 Å². The number of carboxylic acids is 1. The maximum Gasteiger partial charge on any atom is 0.331 e. The minimum absolute atomic E-state index is 0.00110. The zero-order valence-corrected chi connectivity index (χ0v) is 9.53. The summed E-state index contributed by atoms with van der Waals surface area (Å²) >= 11 is 0. The van der Waals surface area contributed by atoms with Gasteiger partial charge in [0.1, 0.15) is 0 Å². The van der Waals surface area contributed by atoms with Crippen molar-refractivity contribution in [1.82, 2.24) is 5.32 Å². The van der Waals surface area contributed by atoms with E-state index in [9.17, 15) is 9.59 Å². The highest BCUT2D eigenvalue weighted by Gasteiger charge is 2.44. The summed E-state index contributed by atoms with van der Waals surface area (Å²) in [5.74, 6) is -1.55. The van der Waals surface area contributed by atoms with Crippen LogP contribution in [-0.2, 0) is 14.3 Å². The maximum absolute atomic E-state index is 11.7. The molecular weight excluding hydrogens is 212 g/mol. The van der Waals surface area contributed by atoms with Crippen LogP contribution >= 0.6 is 0 Å². The van der Waals surface area contributed by atoms with E-state index in [4.69, 9.17) is 15.6 Å². The quantitative estimate of drug-likeness (QED) is 0.594. The fourth-order valence-corrected chi connectivity index (χ4v) is 1.51. The second-order valence-electron chi connectivity index (χ2n) is 4.45. The molecule has 1 rings (SSSR count). The van der Waals surface area contributed by atoms with Crippen LogP contribution in [0.5, 0.6) is 0 Å². The Hall–Kier alpha value is -1.14. The number of aliphatic carboxylic acids is 1. The van der Waals surface area contributed by atoms with Gasteiger partial charge in [-0.05, 0) is 5.92 Å². The summed E-state index contributed by atoms with van der Waals surface area (Å²) in [4.78, 5) is 22.8. The predicted molar refractivity (Wildman–Crippen MR) is 56.8 cm³/mol. The number of nitrogens with one attached hydrogen (secondary N) is 1. The van der Waals surface area contributed by atoms with Gasteiger partial charge >= 0.3 is 5.97 Å². The highest BCUT2D eigenvalue weighted by Crippen LogP contribution is 2.19. The molecule has 0 aromatic rings. The van der Waals surface area contributed by atoms with Crippen LogP contribution in [0.2, 0.25) is 0 Å². The second kappa shape index (κ2) is 4.80. The molecule has 1 heterocycles. The Labute approximate surface area is 94.1 Å². The van der Waals surface area contributed by atoms with Crippen LogP contribution in [0.4, 0.5) is 0 Å². The van der Waals surface area contributed by atoms with E-state index in [-0.39, 0.29) is 18.9 Å². The molecule has 2 unspecified atom stereocenters. The van der Waals surface area contributed by atoms with Crippen molar-refractivity contribution >= 4 is 11.9 Å². The van der Waals surface area contributed by atoms with Gasteiger partial charge in [0.25, 0.3) is 0 Å². The summed E-state index contributed by atoms with van der Waals surface area (Å²) in [5, 5.41) is 11.6. The Morgan fingerprint density at radius 3 is 2.50 bits per heavy atom. The van der Waals surface area contributed by atoms with E-state index in [1.54, 1.807) is 0 Å². The van der Waals surface area contributed by atoms with Gasteiger partial charge in [-0.3, -0.25) is 4.79 Å². The smallest absolute Gasteiger partial charge is 0.331 e. The molecule has 0 aromatic carbocycles. The monoisotopic (exact) mass is 230 g/mol. The minimum atomic E-state index is -1.30. The molecule has 6 heteroatoms. The Bertz CT molecular complexity index is 285. The summed E-state index contributed by atoms with van der Waals surface area (Å²) in [6.45, 7) is 3.95. The Kier molecular flexibility index (Phi) is 3.88. The van der Waals surface area contributed by atoms with Crippen molar-refractivity contribution in [2.24, 2.45) is 11.7 Å². The molecule has 2 atom stereocenters. The SMILES string of the molecule is CC(C)C(N)C(=O)NC1(C(=O)O)CCOC1. The third kappa shape index (κ3) is 2.51. The molecule has 1 fully saturated rings. The lowest BCUT2D eigenvalue weighted by Crippen LogP contribution is -2.59. The van der Waals surface area contributed by atoms with Crippen LogP contribution in [0.25, 0.3) is 0 Å². The average Bonchev–Trinajstić information content (AvgIpc) is 2.66. The number of nitrogens with two attached hydrogens (primary N) is 1. The van der Waals surface area contributed by atoms with Crippen molar-refractivity contribution in [2.75, 3.05) is 13.2 Å². The number of carbonyl (C=O) groups is 2. The molecule has 0 spiro atoms. The van der Waals surface area contributed by atoms with Gasteiger partial charge in [-0.2, -0.15) is 0 Å². The molecule has 4 N–H and O–H groups in total. The molecule has 1 amide bonds. The molecule has 0 saturated carbocycles. The largest absolute Gasteiger partial charge is 0.479 e. The fourth-order valence-electron chi connectivity index (χ4n) is 1.51. The van der Waals surface area contributed by atoms with Crippen LogP contribution in [0.3, 0.4) is 0 Å².